The van der Waals surface area contributed by atoms with E-state index >= 15 is 0 Å². The molecule has 4 nitrogen and oxygen atoms in total. The molecule has 8 heteroatoms. The topological polar surface area (TPSA) is 80.3 Å². The molecule has 0 amide bonds. The first-order valence-electron chi connectivity index (χ1n) is 0.617. The van der Waals surface area contributed by atoms with Crippen molar-refractivity contribution in [1.82, 2.24) is 0 Å². The summed E-state index contributed by atoms with van der Waals surface area (Å²) in [6.07, 6.45) is 0. The average molecular weight is 201 g/mol. The van der Waals surface area contributed by atoms with Crippen molar-refractivity contribution in [2.24, 2.45) is 0 Å². The van der Waals surface area contributed by atoms with Crippen molar-refractivity contribution in [3.05, 3.63) is 0 Å². The van der Waals surface area contributed by atoms with Crippen LogP contribution in [0.1, 0.15) is 0 Å². The van der Waals surface area contributed by atoms with Crippen molar-refractivity contribution in [3.63, 3.8) is 0 Å². The molecular weight excluding hydrogens is 200 g/mol. The molecule has 0 N–H and O–H groups in total. The zero-order chi connectivity index (χ0) is 4.50. The normalized spacial score (nSPS) is 7.25. The van der Waals surface area contributed by atoms with Gasteiger partial charge >= 0.3 is 88.5 Å². The fourth-order valence-corrected chi connectivity index (χ4v) is 0. The molecule has 0 aromatic carbocycles. The standard InChI is InChI=1S/ClH.Mn.2Na.4O/h1H;;;;;;;/q;;2*+1;;;2*-1. The minimum atomic E-state index is -5.62. The van der Waals surface area contributed by atoms with Gasteiger partial charge in [0.05, 0.1) is 0 Å². The second kappa shape index (κ2) is 9.33. The van der Waals surface area contributed by atoms with Gasteiger partial charge in [-0.1, -0.05) is 0 Å². The Morgan fingerprint density at radius 3 is 1.00 bits per heavy atom. The Bertz CT molecular complexity index is 97.2. The summed E-state index contributed by atoms with van der Waals surface area (Å²) >= 11 is -5.62. The molecule has 41 valence electrons. The molecule has 0 aliphatic carbocycles. The third-order valence-corrected chi connectivity index (χ3v) is 0. The van der Waals surface area contributed by atoms with Gasteiger partial charge in [0.2, 0.25) is 0 Å². The van der Waals surface area contributed by atoms with Crippen LogP contribution in [0.25, 0.3) is 0 Å². The Morgan fingerprint density at radius 2 is 1.00 bits per heavy atom. The van der Waals surface area contributed by atoms with Crippen LogP contribution in [-0.4, -0.2) is 0 Å². The number of hydrogen-bond donors (Lipinski definition) is 0. The van der Waals surface area contributed by atoms with Crippen LogP contribution in [0.3, 0.4) is 0 Å². The van der Waals surface area contributed by atoms with E-state index in [1.54, 1.807) is 0 Å². The molecule has 0 radical (unpaired) electrons. The van der Waals surface area contributed by atoms with Gasteiger partial charge in [-0.3, -0.25) is 0 Å². The van der Waals surface area contributed by atoms with E-state index in [9.17, 15) is 0 Å². The molecule has 0 rings (SSSR count). The summed E-state index contributed by atoms with van der Waals surface area (Å²) < 4.78 is 34.3. The van der Waals surface area contributed by atoms with E-state index < -0.39 is 13.4 Å². The zero-order valence-electron chi connectivity index (χ0n) is 4.42. The summed E-state index contributed by atoms with van der Waals surface area (Å²) in [4.78, 5) is 0. The molecule has 0 spiro atoms. The van der Waals surface area contributed by atoms with Crippen molar-refractivity contribution in [1.29, 1.82) is 0 Å². The SMILES string of the molecule is Cl.[Na+].[Na+].[O]=[Mn](=[O])([O-])[O-]. The molecule has 0 heterocycles. The van der Waals surface area contributed by atoms with Crippen LogP contribution < -0.4 is 67.5 Å². The molecule has 0 bridgehead atoms. The molecule has 0 aromatic rings. The minimum absolute atomic E-state index is 0. The summed E-state index contributed by atoms with van der Waals surface area (Å²) in [5, 5.41) is 0. The molecule has 0 saturated heterocycles. The third-order valence-electron chi connectivity index (χ3n) is 0. The summed E-state index contributed by atoms with van der Waals surface area (Å²) in [5.74, 6) is 0. The van der Waals surface area contributed by atoms with Crippen molar-refractivity contribution in [2.45, 2.75) is 0 Å². The summed E-state index contributed by atoms with van der Waals surface area (Å²) in [7, 11) is 0. The van der Waals surface area contributed by atoms with Crippen LogP contribution in [0.2, 0.25) is 0 Å². The van der Waals surface area contributed by atoms with Crippen LogP contribution in [0.15, 0.2) is 0 Å². The van der Waals surface area contributed by atoms with Crippen molar-refractivity contribution >= 4 is 12.4 Å². The van der Waals surface area contributed by atoms with Gasteiger partial charge in [0.1, 0.15) is 0 Å². The number of hydrogen-bond acceptors (Lipinski definition) is 4. The monoisotopic (exact) mass is 201 g/mol. The van der Waals surface area contributed by atoms with Gasteiger partial charge in [0, 0.05) is 0 Å². The Morgan fingerprint density at radius 1 is 1.00 bits per heavy atom. The van der Waals surface area contributed by atoms with Crippen molar-refractivity contribution in [3.8, 4) is 0 Å². The summed E-state index contributed by atoms with van der Waals surface area (Å²) in [5.41, 5.74) is 0. The van der Waals surface area contributed by atoms with Crippen LogP contribution in [0.4, 0.5) is 0 Å². The van der Waals surface area contributed by atoms with E-state index in [1.807, 2.05) is 0 Å². The Kier molecular flexibility index (Phi) is 26.2. The van der Waals surface area contributed by atoms with E-state index in [2.05, 4.69) is 0 Å². The van der Waals surface area contributed by atoms with E-state index in [1.165, 1.54) is 0 Å². The number of halogens is 1. The molecule has 0 atom stereocenters. The fraction of sp³-hybridized carbons (Fsp3) is 0. The molecule has 0 unspecified atom stereocenters. The third kappa shape index (κ3) is 82.5. The predicted octanol–water partition coefficient (Wildman–Crippen LogP) is -8.19. The van der Waals surface area contributed by atoms with E-state index in [-0.39, 0.29) is 71.5 Å². The quantitative estimate of drug-likeness (QED) is 0.365. The van der Waals surface area contributed by atoms with Crippen LogP contribution >= 0.6 is 12.4 Å². The summed E-state index contributed by atoms with van der Waals surface area (Å²) in [6, 6.07) is 0. The second-order valence-electron chi connectivity index (χ2n) is 0.378. The van der Waals surface area contributed by atoms with Gasteiger partial charge in [-0.15, -0.1) is 12.4 Å². The predicted molar refractivity (Wildman–Crippen MR) is 8.62 cm³/mol. The van der Waals surface area contributed by atoms with Crippen LogP contribution in [-0.2, 0) is 21.0 Å². The van der Waals surface area contributed by atoms with Gasteiger partial charge in [-0.25, -0.2) is 0 Å². The average Bonchev–Trinajstić information content (AvgIpc) is 0.722. The molecule has 0 aromatic heterocycles. The van der Waals surface area contributed by atoms with E-state index in [4.69, 9.17) is 16.0 Å². The molecule has 0 saturated carbocycles. The molecular formula is HClMnNa2O4. The van der Waals surface area contributed by atoms with Crippen LogP contribution in [0.5, 0.6) is 0 Å². The first-order chi connectivity index (χ1) is 2.00. The first kappa shape index (κ1) is 22.4. The van der Waals surface area contributed by atoms with Gasteiger partial charge in [-0.05, 0) is 0 Å². The van der Waals surface area contributed by atoms with Crippen LogP contribution in [0, 0.1) is 0 Å². The summed E-state index contributed by atoms with van der Waals surface area (Å²) in [6.45, 7) is 0. The molecule has 0 aliphatic rings. The fourth-order valence-electron chi connectivity index (χ4n) is 0. The van der Waals surface area contributed by atoms with Crippen molar-refractivity contribution in [2.75, 3.05) is 0 Å². The zero-order valence-corrected chi connectivity index (χ0v) is 10.4. The Balaban J connectivity index is -0.0000000267. The van der Waals surface area contributed by atoms with E-state index in [0.29, 0.717) is 0 Å². The van der Waals surface area contributed by atoms with Gasteiger partial charge in [-0.2, -0.15) is 0 Å². The molecule has 0 aliphatic heterocycles. The second-order valence-corrected chi connectivity index (χ2v) is 1.56. The Labute approximate surface area is 99.3 Å². The number of rotatable bonds is 0. The maximum absolute atomic E-state index is 8.58. The first-order valence-corrected chi connectivity index (χ1v) is 2.54. The van der Waals surface area contributed by atoms with E-state index in [0.717, 1.165) is 0 Å². The maximum atomic E-state index is 8.58. The van der Waals surface area contributed by atoms with Gasteiger partial charge < -0.3 is 0 Å². The molecule has 8 heavy (non-hydrogen) atoms. The molecule has 0 fully saturated rings. The van der Waals surface area contributed by atoms with Gasteiger partial charge in [0.15, 0.2) is 0 Å². The Hall–Kier alpha value is 2.33. The van der Waals surface area contributed by atoms with Crippen molar-refractivity contribution < 1.29 is 88.5 Å². The van der Waals surface area contributed by atoms with Gasteiger partial charge in [0.25, 0.3) is 0 Å².